The first-order valence-electron chi connectivity index (χ1n) is 15.5. The van der Waals surface area contributed by atoms with Gasteiger partial charge in [0.05, 0.1) is 18.6 Å². The molecule has 250 valence electrons. The van der Waals surface area contributed by atoms with Gasteiger partial charge in [-0.15, -0.1) is 0 Å². The third-order valence-corrected chi connectivity index (χ3v) is 8.70. The molecular weight excluding hydrogens is 610 g/mol. The number of halogens is 2. The number of likely N-dealkylation sites (N-methyl/N-ethyl adjacent to an activating group) is 1. The minimum Gasteiger partial charge on any atom is -0.486 e. The summed E-state index contributed by atoms with van der Waals surface area (Å²) in [4.78, 5) is 54.3. The molecule has 11 nitrogen and oxygen atoms in total. The van der Waals surface area contributed by atoms with Gasteiger partial charge in [0.2, 0.25) is 17.8 Å². The largest absolute Gasteiger partial charge is 0.486 e. The van der Waals surface area contributed by atoms with E-state index in [9.17, 15) is 23.2 Å². The normalized spacial score (nSPS) is 20.3. The average molecular weight is 651 g/mol. The summed E-state index contributed by atoms with van der Waals surface area (Å²) in [5, 5.41) is 2.89. The monoisotopic (exact) mass is 650 g/mol. The zero-order chi connectivity index (χ0) is 33.9. The molecule has 0 saturated carbocycles. The number of nitrogens with one attached hydrogen (secondary N) is 1. The van der Waals surface area contributed by atoms with E-state index in [1.165, 1.54) is 18.0 Å². The number of fused-ring (bicyclic) bond motifs is 1. The van der Waals surface area contributed by atoms with E-state index in [1.54, 1.807) is 30.3 Å². The van der Waals surface area contributed by atoms with Crippen LogP contribution in [0.2, 0.25) is 0 Å². The summed E-state index contributed by atoms with van der Waals surface area (Å²) >= 11 is 0. The highest BCUT2D eigenvalue weighted by Crippen LogP contribution is 2.37. The molecule has 0 aliphatic carbocycles. The number of aromatic nitrogens is 2. The zero-order valence-electron chi connectivity index (χ0n) is 27.1. The zero-order valence-corrected chi connectivity index (χ0v) is 27.1. The molecular formula is C34H40F2N6O5. The Bertz CT molecular complexity index is 1570. The molecule has 0 spiro atoms. The number of carbonyl (C=O) groups excluding carboxylic acids is 3. The lowest BCUT2D eigenvalue weighted by Crippen LogP contribution is -2.60. The van der Waals surface area contributed by atoms with Crippen LogP contribution < -0.4 is 15.0 Å². The molecule has 2 aromatic carbocycles. The molecule has 2 aliphatic heterocycles. The molecule has 5 atom stereocenters. The van der Waals surface area contributed by atoms with Crippen LogP contribution in [0.3, 0.4) is 0 Å². The fourth-order valence-corrected chi connectivity index (χ4v) is 6.02. The summed E-state index contributed by atoms with van der Waals surface area (Å²) < 4.78 is 39.4. The Kier molecular flexibility index (Phi) is 9.92. The topological polar surface area (TPSA) is 117 Å². The maximum absolute atomic E-state index is 14.4. The van der Waals surface area contributed by atoms with Gasteiger partial charge in [0.1, 0.15) is 30.5 Å². The Hall–Kier alpha value is -4.81. The molecule has 3 amide bonds. The highest BCUT2D eigenvalue weighted by molar-refractivity contribution is 5.92. The lowest BCUT2D eigenvalue weighted by atomic mass is 9.85. The lowest BCUT2D eigenvalue weighted by Gasteiger charge is -2.37. The molecule has 47 heavy (non-hydrogen) atoms. The van der Waals surface area contributed by atoms with Crippen molar-refractivity contribution in [3.63, 3.8) is 0 Å². The van der Waals surface area contributed by atoms with Crippen LogP contribution in [0.15, 0.2) is 67.0 Å². The van der Waals surface area contributed by atoms with Crippen molar-refractivity contribution < 1.29 is 32.6 Å². The fraction of sp³-hybridized carbons (Fsp3) is 0.441. The van der Waals surface area contributed by atoms with Crippen molar-refractivity contribution in [2.24, 2.45) is 5.41 Å². The molecule has 1 N–H and O–H groups in total. The van der Waals surface area contributed by atoms with Crippen molar-refractivity contribution in [3.05, 3.63) is 84.2 Å². The van der Waals surface area contributed by atoms with Gasteiger partial charge in [-0.3, -0.25) is 14.5 Å². The van der Waals surface area contributed by atoms with E-state index >= 15 is 0 Å². The molecule has 2 fully saturated rings. The number of ether oxygens (including phenoxy) is 2. The standard InChI is InChI=1S/C34H40F2N6O5/c1-21(40(5)33(45)46-20-22-10-7-6-8-11-22)30(43)39-29(34(2,3)4)31(44)41-17-14-26-28(41)27(19-42(26)32-37-15-9-16-38-32)47-23-12-13-24(35)25(36)18-23/h6-13,15-16,18,21,26-29H,14,17,19-20H2,1-5H3,(H,39,43)/t21-,26+,27-,28-,29+/m0/s1. The predicted octanol–water partition coefficient (Wildman–Crippen LogP) is 4.18. The Morgan fingerprint density at radius 1 is 1.04 bits per heavy atom. The summed E-state index contributed by atoms with van der Waals surface area (Å²) in [5.41, 5.74) is 0.0959. The van der Waals surface area contributed by atoms with Crippen LogP contribution in [0.4, 0.5) is 19.5 Å². The van der Waals surface area contributed by atoms with Gasteiger partial charge >= 0.3 is 6.09 Å². The molecule has 0 bridgehead atoms. The Morgan fingerprint density at radius 3 is 2.40 bits per heavy atom. The summed E-state index contributed by atoms with van der Waals surface area (Å²) in [5.74, 6) is -2.29. The highest BCUT2D eigenvalue weighted by Gasteiger charge is 2.54. The number of amides is 3. The van der Waals surface area contributed by atoms with E-state index in [-0.39, 0.29) is 24.3 Å². The quantitative estimate of drug-likeness (QED) is 0.367. The number of likely N-dealkylation sites (tertiary alicyclic amines) is 1. The van der Waals surface area contributed by atoms with Crippen molar-refractivity contribution in [2.45, 2.75) is 71.0 Å². The first-order valence-corrected chi connectivity index (χ1v) is 15.5. The van der Waals surface area contributed by atoms with Crippen molar-refractivity contribution >= 4 is 23.9 Å². The summed E-state index contributed by atoms with van der Waals surface area (Å²) in [6.07, 6.45) is 2.51. The molecule has 2 aliphatic rings. The Morgan fingerprint density at radius 2 is 1.74 bits per heavy atom. The maximum atomic E-state index is 14.4. The third kappa shape index (κ3) is 7.44. The SMILES string of the molecule is C[C@@H](C(=O)N[C@H](C(=O)N1CC[C@@H]2[C@H]1[C@@H](Oc1ccc(F)c(F)c1)CN2c1ncccn1)C(C)(C)C)N(C)C(=O)OCc1ccccc1. The van der Waals surface area contributed by atoms with E-state index in [4.69, 9.17) is 9.47 Å². The van der Waals surface area contributed by atoms with E-state index < -0.39 is 53.3 Å². The van der Waals surface area contributed by atoms with Gasteiger partial charge in [0, 0.05) is 32.1 Å². The second kappa shape index (κ2) is 13.9. The molecule has 13 heteroatoms. The number of benzene rings is 2. The average Bonchev–Trinajstić information content (AvgIpc) is 3.65. The first-order chi connectivity index (χ1) is 22.3. The van der Waals surface area contributed by atoms with Gasteiger partial charge in [-0.2, -0.15) is 0 Å². The van der Waals surface area contributed by atoms with Gasteiger partial charge < -0.3 is 24.6 Å². The number of hydrogen-bond donors (Lipinski definition) is 1. The van der Waals surface area contributed by atoms with Gasteiger partial charge in [-0.25, -0.2) is 23.5 Å². The molecule has 5 rings (SSSR count). The van der Waals surface area contributed by atoms with E-state index in [1.807, 2.05) is 56.0 Å². The van der Waals surface area contributed by atoms with Crippen LogP contribution in [0.25, 0.3) is 0 Å². The molecule has 3 heterocycles. The Balaban J connectivity index is 1.33. The number of nitrogens with zero attached hydrogens (tertiary/aromatic N) is 5. The van der Waals surface area contributed by atoms with Crippen LogP contribution >= 0.6 is 0 Å². The maximum Gasteiger partial charge on any atom is 0.410 e. The van der Waals surface area contributed by atoms with E-state index in [0.29, 0.717) is 25.5 Å². The van der Waals surface area contributed by atoms with Crippen molar-refractivity contribution in [2.75, 3.05) is 25.0 Å². The Labute approximate surface area is 272 Å². The minimum absolute atomic E-state index is 0.0534. The smallest absolute Gasteiger partial charge is 0.410 e. The van der Waals surface area contributed by atoms with Crippen LogP contribution in [-0.2, 0) is 20.9 Å². The fourth-order valence-electron chi connectivity index (χ4n) is 6.02. The van der Waals surface area contributed by atoms with Gasteiger partial charge in [0.15, 0.2) is 11.6 Å². The van der Waals surface area contributed by atoms with Gasteiger partial charge in [0.25, 0.3) is 0 Å². The summed E-state index contributed by atoms with van der Waals surface area (Å²) in [7, 11) is 1.47. The molecule has 0 unspecified atom stereocenters. The highest BCUT2D eigenvalue weighted by atomic mass is 19.2. The van der Waals surface area contributed by atoms with Crippen LogP contribution in [0.5, 0.6) is 5.75 Å². The van der Waals surface area contributed by atoms with Crippen LogP contribution in [0, 0.1) is 17.0 Å². The molecule has 0 radical (unpaired) electrons. The lowest BCUT2D eigenvalue weighted by molar-refractivity contribution is -0.142. The molecule has 1 aromatic heterocycles. The third-order valence-electron chi connectivity index (χ3n) is 8.70. The summed E-state index contributed by atoms with van der Waals surface area (Å²) in [6.45, 7) is 7.81. The summed E-state index contributed by atoms with van der Waals surface area (Å²) in [6, 6.07) is 11.6. The number of hydrogen-bond acceptors (Lipinski definition) is 8. The minimum atomic E-state index is -1.04. The van der Waals surface area contributed by atoms with E-state index in [2.05, 4.69) is 15.3 Å². The van der Waals surface area contributed by atoms with Crippen LogP contribution in [-0.4, -0.2) is 88.1 Å². The van der Waals surface area contributed by atoms with Gasteiger partial charge in [-0.1, -0.05) is 51.1 Å². The van der Waals surface area contributed by atoms with Crippen molar-refractivity contribution in [1.29, 1.82) is 0 Å². The number of rotatable bonds is 9. The van der Waals surface area contributed by atoms with Gasteiger partial charge in [-0.05, 0) is 42.5 Å². The predicted molar refractivity (Wildman–Crippen MR) is 169 cm³/mol. The van der Waals surface area contributed by atoms with E-state index in [0.717, 1.165) is 17.7 Å². The van der Waals surface area contributed by atoms with Crippen molar-refractivity contribution in [1.82, 2.24) is 25.1 Å². The first kappa shape index (κ1) is 33.6. The molecule has 2 saturated heterocycles. The van der Waals surface area contributed by atoms with Crippen LogP contribution in [0.1, 0.15) is 39.7 Å². The van der Waals surface area contributed by atoms with Crippen molar-refractivity contribution in [3.8, 4) is 5.75 Å². The second-order valence-electron chi connectivity index (χ2n) is 12.9. The number of anilines is 1. The number of carbonyl (C=O) groups is 3. The second-order valence-corrected chi connectivity index (χ2v) is 12.9. The molecule has 3 aromatic rings.